The lowest BCUT2D eigenvalue weighted by molar-refractivity contribution is -0.682. The average Bonchev–Trinajstić information content (AvgIpc) is 3.02. The number of fused-ring (bicyclic) bond motifs is 6. The zero-order valence-corrected chi connectivity index (χ0v) is 11.8. The van der Waals surface area contributed by atoms with Crippen molar-refractivity contribution >= 4 is 17.0 Å². The predicted molar refractivity (Wildman–Crippen MR) is 69.9 cm³/mol. The van der Waals surface area contributed by atoms with E-state index >= 15 is 0 Å². The van der Waals surface area contributed by atoms with Gasteiger partial charge in [0.2, 0.25) is 18.4 Å². The van der Waals surface area contributed by atoms with E-state index in [0.717, 1.165) is 5.65 Å². The molecule has 4 unspecified atom stereocenters. The number of hydrogen-bond donors (Lipinski definition) is 1. The Hall–Kier alpha value is -1.77. The van der Waals surface area contributed by atoms with Crippen molar-refractivity contribution in [3.05, 3.63) is 12.7 Å². The van der Waals surface area contributed by atoms with E-state index in [0.29, 0.717) is 17.9 Å². The first kappa shape index (κ1) is 11.8. The van der Waals surface area contributed by atoms with E-state index in [2.05, 4.69) is 9.97 Å². The molecule has 8 nitrogen and oxygen atoms in total. The summed E-state index contributed by atoms with van der Waals surface area (Å²) in [4.78, 5) is 8.58. The normalized spacial score (nSPS) is 35.9. The number of anilines is 1. The average molecular weight is 290 g/mol. The second kappa shape index (κ2) is 3.52. The molecule has 8 heteroatoms. The van der Waals surface area contributed by atoms with Crippen molar-refractivity contribution in [2.75, 3.05) is 5.73 Å². The first-order chi connectivity index (χ1) is 10.0. The SMILES string of the molecule is CC1(C)OC2C3C[n+]4cnc(N)c5ncn(c54)C(O3)C2O1. The van der Waals surface area contributed by atoms with Crippen molar-refractivity contribution in [2.45, 2.75) is 50.7 Å². The molecule has 5 heterocycles. The smallest absolute Gasteiger partial charge is 0.263 e. The molecular formula is C13H16N5O3+. The highest BCUT2D eigenvalue weighted by Crippen LogP contribution is 2.44. The van der Waals surface area contributed by atoms with Gasteiger partial charge in [-0.3, -0.25) is 0 Å². The zero-order chi connectivity index (χ0) is 14.4. The van der Waals surface area contributed by atoms with Crippen LogP contribution in [-0.2, 0) is 20.8 Å². The van der Waals surface area contributed by atoms with Gasteiger partial charge in [0.1, 0.15) is 24.9 Å². The maximum Gasteiger partial charge on any atom is 0.263 e. The summed E-state index contributed by atoms with van der Waals surface area (Å²) in [6.45, 7) is 4.51. The summed E-state index contributed by atoms with van der Waals surface area (Å²) >= 11 is 0. The van der Waals surface area contributed by atoms with Gasteiger partial charge in [0.15, 0.2) is 17.6 Å². The summed E-state index contributed by atoms with van der Waals surface area (Å²) in [5.41, 5.74) is 7.54. The Morgan fingerprint density at radius 3 is 3.00 bits per heavy atom. The van der Waals surface area contributed by atoms with Crippen LogP contribution in [0.1, 0.15) is 20.1 Å². The Bertz CT molecular complexity index is 758. The van der Waals surface area contributed by atoms with Gasteiger partial charge in [-0.05, 0) is 13.8 Å². The number of rotatable bonds is 0. The second-order valence-electron chi connectivity index (χ2n) is 6.24. The Labute approximate surface area is 120 Å². The molecule has 0 amide bonds. The molecule has 5 rings (SSSR count). The maximum atomic E-state index is 6.14. The van der Waals surface area contributed by atoms with Crippen molar-refractivity contribution in [3.63, 3.8) is 0 Å². The minimum atomic E-state index is -0.590. The lowest BCUT2D eigenvalue weighted by Crippen LogP contribution is -2.46. The topological polar surface area (TPSA) is 88.3 Å². The summed E-state index contributed by atoms with van der Waals surface area (Å²) in [5, 5.41) is 0. The molecule has 3 aliphatic rings. The molecule has 3 aliphatic heterocycles. The molecule has 2 saturated heterocycles. The Balaban J connectivity index is 1.72. The molecule has 0 aliphatic carbocycles. The van der Waals surface area contributed by atoms with Crippen LogP contribution in [-0.4, -0.2) is 38.6 Å². The third kappa shape index (κ3) is 1.42. The van der Waals surface area contributed by atoms with Gasteiger partial charge in [-0.1, -0.05) is 4.98 Å². The molecule has 2 bridgehead atoms. The molecule has 0 radical (unpaired) electrons. The van der Waals surface area contributed by atoms with E-state index in [1.54, 1.807) is 12.7 Å². The van der Waals surface area contributed by atoms with Gasteiger partial charge < -0.3 is 19.9 Å². The van der Waals surface area contributed by atoms with Gasteiger partial charge >= 0.3 is 0 Å². The zero-order valence-electron chi connectivity index (χ0n) is 11.8. The summed E-state index contributed by atoms with van der Waals surface area (Å²) in [7, 11) is 0. The molecule has 2 fully saturated rings. The van der Waals surface area contributed by atoms with Crippen LogP contribution in [0.5, 0.6) is 0 Å². The highest BCUT2D eigenvalue weighted by molar-refractivity contribution is 5.79. The first-order valence-electron chi connectivity index (χ1n) is 7.05. The first-order valence-corrected chi connectivity index (χ1v) is 7.05. The minimum absolute atomic E-state index is 0.0692. The van der Waals surface area contributed by atoms with Crippen molar-refractivity contribution in [1.82, 2.24) is 14.5 Å². The quantitative estimate of drug-likeness (QED) is 0.672. The highest BCUT2D eigenvalue weighted by atomic mass is 16.8. The van der Waals surface area contributed by atoms with E-state index in [4.69, 9.17) is 19.9 Å². The van der Waals surface area contributed by atoms with E-state index in [1.807, 2.05) is 23.0 Å². The lowest BCUT2D eigenvalue weighted by Gasteiger charge is -2.21. The van der Waals surface area contributed by atoms with E-state index in [-0.39, 0.29) is 24.5 Å². The summed E-state index contributed by atoms with van der Waals surface area (Å²) < 4.78 is 22.2. The second-order valence-corrected chi connectivity index (χ2v) is 6.24. The number of nitrogens with zero attached hydrogens (tertiary/aromatic N) is 4. The molecule has 2 N–H and O–H groups in total. The number of nitrogen functional groups attached to an aromatic ring is 1. The third-order valence-corrected chi connectivity index (χ3v) is 4.39. The molecule has 0 spiro atoms. The summed E-state index contributed by atoms with van der Waals surface area (Å²) in [5.74, 6) is -0.161. The molecule has 4 atom stereocenters. The number of hydrogen-bond acceptors (Lipinski definition) is 6. The van der Waals surface area contributed by atoms with E-state index in [1.165, 1.54) is 0 Å². The van der Waals surface area contributed by atoms with Gasteiger partial charge in [0.25, 0.3) is 5.65 Å². The molecular weight excluding hydrogens is 274 g/mol. The largest absolute Gasteiger partial charge is 0.368 e. The van der Waals surface area contributed by atoms with Crippen molar-refractivity contribution in [3.8, 4) is 0 Å². The van der Waals surface area contributed by atoms with E-state index in [9.17, 15) is 0 Å². The summed E-state index contributed by atoms with van der Waals surface area (Å²) in [6, 6.07) is 0. The van der Waals surface area contributed by atoms with E-state index < -0.39 is 5.79 Å². The maximum absolute atomic E-state index is 6.14. The van der Waals surface area contributed by atoms with Crippen molar-refractivity contribution in [2.24, 2.45) is 0 Å². The van der Waals surface area contributed by atoms with Gasteiger partial charge in [-0.15, -0.1) is 0 Å². The van der Waals surface area contributed by atoms with Gasteiger partial charge in [0.05, 0.1) is 0 Å². The molecule has 2 aromatic heterocycles. The number of nitrogens with two attached hydrogens (primary N) is 1. The minimum Gasteiger partial charge on any atom is -0.368 e. The van der Waals surface area contributed by atoms with Gasteiger partial charge in [0, 0.05) is 0 Å². The Morgan fingerprint density at radius 2 is 2.14 bits per heavy atom. The molecule has 110 valence electrons. The highest BCUT2D eigenvalue weighted by Gasteiger charge is 2.59. The molecule has 21 heavy (non-hydrogen) atoms. The number of imidazole rings is 1. The van der Waals surface area contributed by atoms with Gasteiger partial charge in [-0.2, -0.15) is 0 Å². The van der Waals surface area contributed by atoms with Gasteiger partial charge in [-0.25, -0.2) is 14.1 Å². The fraction of sp³-hybridized carbons (Fsp3) is 0.615. The predicted octanol–water partition coefficient (Wildman–Crippen LogP) is -0.268. The van der Waals surface area contributed by atoms with Crippen LogP contribution in [0.25, 0.3) is 11.2 Å². The van der Waals surface area contributed by atoms with Crippen LogP contribution in [0.3, 0.4) is 0 Å². The van der Waals surface area contributed by atoms with Crippen molar-refractivity contribution < 1.29 is 18.8 Å². The molecule has 0 saturated carbocycles. The lowest BCUT2D eigenvalue weighted by atomic mass is 10.1. The molecule has 2 aromatic rings. The Morgan fingerprint density at radius 1 is 1.33 bits per heavy atom. The monoisotopic (exact) mass is 290 g/mol. The van der Waals surface area contributed by atoms with Crippen LogP contribution >= 0.6 is 0 Å². The fourth-order valence-electron chi connectivity index (χ4n) is 3.61. The molecule has 0 aromatic carbocycles. The van der Waals surface area contributed by atoms with Crippen LogP contribution < -0.4 is 10.3 Å². The number of aromatic nitrogens is 4. The van der Waals surface area contributed by atoms with Crippen molar-refractivity contribution in [1.29, 1.82) is 0 Å². The standard InChI is InChI=1S/C13H15N5O3/c1-13(2)20-8-6-3-17-4-16-10(14)7-11(17)18(5-15-7)12(19-6)9(8)21-13/h4-6,8-9,12,14H,3H2,1-2H3/p+1. The van der Waals surface area contributed by atoms with Crippen LogP contribution in [0.2, 0.25) is 0 Å². The van der Waals surface area contributed by atoms with Crippen LogP contribution in [0.4, 0.5) is 5.82 Å². The Kier molecular flexibility index (Phi) is 1.98. The van der Waals surface area contributed by atoms with Crippen LogP contribution in [0.15, 0.2) is 12.7 Å². The van der Waals surface area contributed by atoms with Crippen LogP contribution in [0, 0.1) is 0 Å². The fourth-order valence-corrected chi connectivity index (χ4v) is 3.61. The number of ether oxygens (including phenoxy) is 3. The third-order valence-electron chi connectivity index (χ3n) is 4.39. The summed E-state index contributed by atoms with van der Waals surface area (Å²) in [6.07, 6.45) is 2.94.